The number of nitrogens with one attached hydrogen (secondary N) is 1. The van der Waals surface area contributed by atoms with Gasteiger partial charge >= 0.3 is 0 Å². The van der Waals surface area contributed by atoms with E-state index >= 15 is 0 Å². The van der Waals surface area contributed by atoms with Gasteiger partial charge in [-0.25, -0.2) is 9.97 Å². The van der Waals surface area contributed by atoms with Crippen LogP contribution in [-0.2, 0) is 6.42 Å². The predicted octanol–water partition coefficient (Wildman–Crippen LogP) is 1.40. The van der Waals surface area contributed by atoms with Crippen molar-refractivity contribution < 1.29 is 0 Å². The van der Waals surface area contributed by atoms with Crippen molar-refractivity contribution in [2.75, 3.05) is 11.9 Å². The van der Waals surface area contributed by atoms with E-state index in [1.807, 2.05) is 18.2 Å². The second kappa shape index (κ2) is 5.56. The molecule has 0 spiro atoms. The highest BCUT2D eigenvalue weighted by Gasteiger charge is 2.02. The van der Waals surface area contributed by atoms with E-state index in [2.05, 4.69) is 20.3 Å². The quantitative estimate of drug-likeness (QED) is 0.851. The normalized spacial score (nSPS) is 9.59. The first-order chi connectivity index (χ1) is 8.40. The van der Waals surface area contributed by atoms with E-state index in [9.17, 15) is 0 Å². The van der Waals surface area contributed by atoms with E-state index in [0.717, 1.165) is 6.42 Å². The molecule has 0 fully saturated rings. The van der Waals surface area contributed by atoms with Crippen LogP contribution in [-0.4, -0.2) is 21.5 Å². The highest BCUT2D eigenvalue weighted by molar-refractivity contribution is 5.46. The molecule has 5 heteroatoms. The topological polar surface area (TPSA) is 74.5 Å². The molecule has 2 rings (SSSR count). The van der Waals surface area contributed by atoms with Gasteiger partial charge in [0.1, 0.15) is 6.07 Å². The Morgan fingerprint density at radius 3 is 2.65 bits per heavy atom. The van der Waals surface area contributed by atoms with Gasteiger partial charge in [-0.05, 0) is 24.1 Å². The zero-order chi connectivity index (χ0) is 11.9. The summed E-state index contributed by atoms with van der Waals surface area (Å²) in [5, 5.41) is 11.9. The minimum atomic E-state index is 0.322. The minimum Gasteiger partial charge on any atom is -0.367 e. The Hall–Kier alpha value is -2.48. The van der Waals surface area contributed by atoms with Crippen LogP contribution in [0.25, 0.3) is 0 Å². The summed E-state index contributed by atoms with van der Waals surface area (Å²) < 4.78 is 0. The van der Waals surface area contributed by atoms with E-state index in [1.165, 1.54) is 11.8 Å². The van der Waals surface area contributed by atoms with Crippen molar-refractivity contribution in [1.82, 2.24) is 15.0 Å². The number of hydrogen-bond donors (Lipinski definition) is 1. The van der Waals surface area contributed by atoms with Crippen LogP contribution >= 0.6 is 0 Å². The lowest BCUT2D eigenvalue weighted by Crippen LogP contribution is -2.08. The molecule has 5 nitrogen and oxygen atoms in total. The van der Waals surface area contributed by atoms with Gasteiger partial charge in [-0.1, -0.05) is 0 Å². The summed E-state index contributed by atoms with van der Waals surface area (Å²) in [6.07, 6.45) is 7.45. The van der Waals surface area contributed by atoms with Crippen LogP contribution in [0.4, 0.5) is 5.82 Å². The third kappa shape index (κ3) is 2.98. The standard InChI is InChI=1S/C12H11N5/c13-9-11-12(17-8-7-15-11)16-6-3-10-1-4-14-5-2-10/h1-2,4-5,7-8H,3,6H2,(H,16,17). The average Bonchev–Trinajstić information content (AvgIpc) is 2.40. The first kappa shape index (κ1) is 11.0. The maximum Gasteiger partial charge on any atom is 0.182 e. The molecule has 2 aromatic heterocycles. The van der Waals surface area contributed by atoms with Crippen molar-refractivity contribution >= 4 is 5.82 Å². The summed E-state index contributed by atoms with van der Waals surface area (Å²) in [6.45, 7) is 0.706. The molecule has 0 aliphatic carbocycles. The first-order valence-corrected chi connectivity index (χ1v) is 5.24. The fraction of sp³-hybridized carbons (Fsp3) is 0.167. The summed E-state index contributed by atoms with van der Waals surface area (Å²) in [5.74, 6) is 0.532. The van der Waals surface area contributed by atoms with Gasteiger partial charge in [-0.2, -0.15) is 5.26 Å². The van der Waals surface area contributed by atoms with Crippen LogP contribution in [0.2, 0.25) is 0 Å². The zero-order valence-corrected chi connectivity index (χ0v) is 9.17. The van der Waals surface area contributed by atoms with Crippen LogP contribution in [0.15, 0.2) is 36.9 Å². The van der Waals surface area contributed by atoms with E-state index in [4.69, 9.17) is 5.26 Å². The van der Waals surface area contributed by atoms with E-state index in [1.54, 1.807) is 18.6 Å². The van der Waals surface area contributed by atoms with E-state index in [0.29, 0.717) is 18.1 Å². The average molecular weight is 225 g/mol. The number of aromatic nitrogens is 3. The third-order valence-corrected chi connectivity index (χ3v) is 2.26. The number of pyridine rings is 1. The molecule has 0 aliphatic heterocycles. The number of rotatable bonds is 4. The molecular formula is C12H11N5. The lowest BCUT2D eigenvalue weighted by atomic mass is 10.2. The summed E-state index contributed by atoms with van der Waals surface area (Å²) in [5.41, 5.74) is 1.51. The van der Waals surface area contributed by atoms with E-state index in [-0.39, 0.29) is 0 Å². The lowest BCUT2D eigenvalue weighted by Gasteiger charge is -2.05. The van der Waals surface area contributed by atoms with Crippen LogP contribution in [0, 0.1) is 11.3 Å². The van der Waals surface area contributed by atoms with Crippen molar-refractivity contribution in [3.8, 4) is 6.07 Å². The molecule has 2 heterocycles. The summed E-state index contributed by atoms with van der Waals surface area (Å²) in [4.78, 5) is 12.0. The molecule has 0 aromatic carbocycles. The van der Waals surface area contributed by atoms with Gasteiger partial charge in [0, 0.05) is 31.3 Å². The van der Waals surface area contributed by atoms with Gasteiger partial charge < -0.3 is 5.32 Å². The maximum absolute atomic E-state index is 8.83. The molecule has 0 saturated heterocycles. The van der Waals surface area contributed by atoms with Gasteiger partial charge in [0.15, 0.2) is 11.5 Å². The van der Waals surface area contributed by atoms with Gasteiger partial charge in [0.2, 0.25) is 0 Å². The van der Waals surface area contributed by atoms with Crippen LogP contribution in [0.1, 0.15) is 11.3 Å². The summed E-state index contributed by atoms with van der Waals surface area (Å²) in [6, 6.07) is 5.92. The van der Waals surface area contributed by atoms with Crippen LogP contribution in [0.3, 0.4) is 0 Å². The zero-order valence-electron chi connectivity index (χ0n) is 9.17. The second-order valence-electron chi connectivity index (χ2n) is 3.40. The monoisotopic (exact) mass is 225 g/mol. The Bertz CT molecular complexity index is 518. The smallest absolute Gasteiger partial charge is 0.182 e. The van der Waals surface area contributed by atoms with Gasteiger partial charge in [-0.3, -0.25) is 4.98 Å². The van der Waals surface area contributed by atoms with Gasteiger partial charge in [0.05, 0.1) is 0 Å². The number of nitrogens with zero attached hydrogens (tertiary/aromatic N) is 4. The molecular weight excluding hydrogens is 214 g/mol. The molecule has 0 radical (unpaired) electrons. The third-order valence-electron chi connectivity index (χ3n) is 2.26. The predicted molar refractivity (Wildman–Crippen MR) is 63.2 cm³/mol. The Morgan fingerprint density at radius 1 is 1.12 bits per heavy atom. The summed E-state index contributed by atoms with van der Waals surface area (Å²) in [7, 11) is 0. The Morgan fingerprint density at radius 2 is 1.88 bits per heavy atom. The Labute approximate surface area is 99.2 Å². The Kier molecular flexibility index (Phi) is 3.61. The fourth-order valence-corrected chi connectivity index (χ4v) is 1.42. The molecule has 0 amide bonds. The fourth-order valence-electron chi connectivity index (χ4n) is 1.42. The van der Waals surface area contributed by atoms with Crippen molar-refractivity contribution in [3.63, 3.8) is 0 Å². The van der Waals surface area contributed by atoms with Crippen molar-refractivity contribution in [2.45, 2.75) is 6.42 Å². The minimum absolute atomic E-state index is 0.322. The molecule has 84 valence electrons. The SMILES string of the molecule is N#Cc1nccnc1NCCc1ccncc1. The van der Waals surface area contributed by atoms with Crippen LogP contribution < -0.4 is 5.32 Å². The van der Waals surface area contributed by atoms with Crippen molar-refractivity contribution in [2.24, 2.45) is 0 Å². The molecule has 0 aliphatic rings. The Balaban J connectivity index is 1.93. The van der Waals surface area contributed by atoms with Crippen LogP contribution in [0.5, 0.6) is 0 Å². The molecule has 0 unspecified atom stereocenters. The number of hydrogen-bond acceptors (Lipinski definition) is 5. The lowest BCUT2D eigenvalue weighted by molar-refractivity contribution is 0.990. The highest BCUT2D eigenvalue weighted by Crippen LogP contribution is 2.06. The second-order valence-corrected chi connectivity index (χ2v) is 3.40. The van der Waals surface area contributed by atoms with Crippen molar-refractivity contribution in [3.05, 3.63) is 48.2 Å². The molecule has 2 aromatic rings. The molecule has 0 saturated carbocycles. The highest BCUT2D eigenvalue weighted by atomic mass is 15.0. The number of nitriles is 1. The molecule has 1 N–H and O–H groups in total. The molecule has 17 heavy (non-hydrogen) atoms. The maximum atomic E-state index is 8.83. The van der Waals surface area contributed by atoms with Crippen molar-refractivity contribution in [1.29, 1.82) is 5.26 Å². The van der Waals surface area contributed by atoms with Gasteiger partial charge in [-0.15, -0.1) is 0 Å². The summed E-state index contributed by atoms with van der Waals surface area (Å²) >= 11 is 0. The number of anilines is 1. The molecule has 0 atom stereocenters. The largest absolute Gasteiger partial charge is 0.367 e. The first-order valence-electron chi connectivity index (χ1n) is 5.24. The van der Waals surface area contributed by atoms with E-state index < -0.39 is 0 Å². The molecule has 0 bridgehead atoms. The van der Waals surface area contributed by atoms with Gasteiger partial charge in [0.25, 0.3) is 0 Å².